The molecule has 2 rings (SSSR count). The van der Waals surface area contributed by atoms with Gasteiger partial charge in [0, 0.05) is 12.2 Å². The fraction of sp³-hybridized carbons (Fsp3) is 0.235. The van der Waals surface area contributed by atoms with Crippen molar-refractivity contribution in [3.8, 4) is 0 Å². The molecule has 0 aliphatic heterocycles. The molecule has 0 spiro atoms. The predicted octanol–water partition coefficient (Wildman–Crippen LogP) is 3.16. The summed E-state index contributed by atoms with van der Waals surface area (Å²) < 4.78 is 40.5. The highest BCUT2D eigenvalue weighted by Crippen LogP contribution is 2.17. The van der Waals surface area contributed by atoms with Crippen LogP contribution in [0.1, 0.15) is 30.1 Å². The Labute approximate surface area is 141 Å². The molecule has 0 aliphatic carbocycles. The Morgan fingerprint density at radius 2 is 1.88 bits per heavy atom. The summed E-state index contributed by atoms with van der Waals surface area (Å²) in [4.78, 5) is 12.1. The first-order valence-corrected chi connectivity index (χ1v) is 9.08. The summed E-state index contributed by atoms with van der Waals surface area (Å²) in [7, 11) is -3.64. The Bertz CT molecular complexity index is 822. The minimum Gasteiger partial charge on any atom is -0.322 e. The van der Waals surface area contributed by atoms with Crippen molar-refractivity contribution in [2.24, 2.45) is 0 Å². The van der Waals surface area contributed by atoms with Gasteiger partial charge < -0.3 is 5.32 Å². The van der Waals surface area contributed by atoms with E-state index in [0.717, 1.165) is 12.8 Å². The molecule has 0 heterocycles. The van der Waals surface area contributed by atoms with E-state index in [9.17, 15) is 17.6 Å². The monoisotopic (exact) mass is 350 g/mol. The number of carbonyl (C=O) groups is 1. The van der Waals surface area contributed by atoms with E-state index in [1.807, 2.05) is 6.92 Å². The summed E-state index contributed by atoms with van der Waals surface area (Å²) in [6.07, 6.45) is 1.62. The molecule has 0 fully saturated rings. The van der Waals surface area contributed by atoms with E-state index >= 15 is 0 Å². The molecule has 0 saturated heterocycles. The van der Waals surface area contributed by atoms with Crippen LogP contribution in [0.5, 0.6) is 0 Å². The largest absolute Gasteiger partial charge is 0.322 e. The lowest BCUT2D eigenvalue weighted by molar-refractivity contribution is 0.102. The van der Waals surface area contributed by atoms with Gasteiger partial charge in [-0.2, -0.15) is 0 Å². The third-order valence-corrected chi connectivity index (χ3v) is 4.80. The first-order valence-electron chi connectivity index (χ1n) is 7.59. The van der Waals surface area contributed by atoms with Crippen molar-refractivity contribution in [3.05, 3.63) is 59.9 Å². The summed E-state index contributed by atoms with van der Waals surface area (Å²) in [6.45, 7) is 2.32. The van der Waals surface area contributed by atoms with Gasteiger partial charge in [0.25, 0.3) is 5.91 Å². The summed E-state index contributed by atoms with van der Waals surface area (Å²) in [6, 6.07) is 11.4. The van der Waals surface area contributed by atoms with E-state index in [-0.39, 0.29) is 16.1 Å². The Balaban J connectivity index is 2.16. The van der Waals surface area contributed by atoms with Gasteiger partial charge in [-0.3, -0.25) is 4.79 Å². The number of benzene rings is 2. The molecule has 2 aromatic carbocycles. The lowest BCUT2D eigenvalue weighted by Gasteiger charge is -2.09. The number of halogens is 1. The van der Waals surface area contributed by atoms with Crippen molar-refractivity contribution >= 4 is 21.6 Å². The van der Waals surface area contributed by atoms with Crippen LogP contribution in [-0.2, 0) is 10.0 Å². The fourth-order valence-electron chi connectivity index (χ4n) is 2.05. The van der Waals surface area contributed by atoms with Crippen LogP contribution >= 0.6 is 0 Å². The van der Waals surface area contributed by atoms with Crippen LogP contribution in [0.2, 0.25) is 0 Å². The Kier molecular flexibility index (Phi) is 6.05. The number of hydrogen-bond acceptors (Lipinski definition) is 3. The SMILES string of the molecule is CCCCNS(=O)(=O)c1cccc(NC(=O)c2ccccc2F)c1. The number of amides is 1. The Hall–Kier alpha value is -2.25. The lowest BCUT2D eigenvalue weighted by Crippen LogP contribution is -2.24. The topological polar surface area (TPSA) is 75.3 Å². The third-order valence-electron chi connectivity index (χ3n) is 3.34. The zero-order chi connectivity index (χ0) is 17.6. The first kappa shape index (κ1) is 18.1. The second-order valence-electron chi connectivity index (χ2n) is 5.21. The van der Waals surface area contributed by atoms with Gasteiger partial charge in [-0.05, 0) is 36.8 Å². The summed E-state index contributed by atoms with van der Waals surface area (Å²) >= 11 is 0. The van der Waals surface area contributed by atoms with E-state index < -0.39 is 21.7 Å². The molecule has 2 N–H and O–H groups in total. The summed E-state index contributed by atoms with van der Waals surface area (Å²) in [5, 5.41) is 2.51. The zero-order valence-electron chi connectivity index (χ0n) is 13.3. The van der Waals surface area contributed by atoms with Gasteiger partial charge in [0.15, 0.2) is 0 Å². The Morgan fingerprint density at radius 1 is 1.12 bits per heavy atom. The number of nitrogens with one attached hydrogen (secondary N) is 2. The van der Waals surface area contributed by atoms with E-state index in [1.165, 1.54) is 36.4 Å². The highest BCUT2D eigenvalue weighted by molar-refractivity contribution is 7.89. The maximum absolute atomic E-state index is 13.6. The van der Waals surface area contributed by atoms with Gasteiger partial charge in [0.1, 0.15) is 5.82 Å². The Morgan fingerprint density at radius 3 is 2.58 bits per heavy atom. The van der Waals surface area contributed by atoms with Crippen molar-refractivity contribution in [2.75, 3.05) is 11.9 Å². The van der Waals surface area contributed by atoms with Crippen molar-refractivity contribution in [1.29, 1.82) is 0 Å². The molecule has 0 aliphatic rings. The van der Waals surface area contributed by atoms with Gasteiger partial charge >= 0.3 is 0 Å². The molecular weight excluding hydrogens is 331 g/mol. The fourth-order valence-corrected chi connectivity index (χ4v) is 3.17. The lowest BCUT2D eigenvalue weighted by atomic mass is 10.2. The molecule has 128 valence electrons. The number of unbranched alkanes of at least 4 members (excludes halogenated alkanes) is 1. The van der Waals surface area contributed by atoms with Crippen molar-refractivity contribution in [3.63, 3.8) is 0 Å². The molecule has 5 nitrogen and oxygen atoms in total. The molecule has 0 bridgehead atoms. The van der Waals surface area contributed by atoms with Crippen molar-refractivity contribution in [2.45, 2.75) is 24.7 Å². The van der Waals surface area contributed by atoms with Crippen molar-refractivity contribution in [1.82, 2.24) is 4.72 Å². The van der Waals surface area contributed by atoms with E-state index in [4.69, 9.17) is 0 Å². The molecule has 0 aromatic heterocycles. The van der Waals surface area contributed by atoms with Gasteiger partial charge in [-0.25, -0.2) is 17.5 Å². The first-order chi connectivity index (χ1) is 11.4. The smallest absolute Gasteiger partial charge is 0.258 e. The molecule has 0 saturated carbocycles. The molecule has 2 aromatic rings. The minimum absolute atomic E-state index is 0.0462. The number of anilines is 1. The van der Waals surface area contributed by atoms with Crippen LogP contribution in [0.3, 0.4) is 0 Å². The van der Waals surface area contributed by atoms with Gasteiger partial charge in [0.05, 0.1) is 10.5 Å². The quantitative estimate of drug-likeness (QED) is 0.753. The maximum Gasteiger partial charge on any atom is 0.258 e. The zero-order valence-corrected chi connectivity index (χ0v) is 14.1. The molecule has 7 heteroatoms. The summed E-state index contributed by atoms with van der Waals surface area (Å²) in [5.41, 5.74) is 0.174. The summed E-state index contributed by atoms with van der Waals surface area (Å²) in [5.74, 6) is -1.28. The number of rotatable bonds is 7. The standard InChI is InChI=1S/C17H19FN2O3S/c1-2-3-11-19-24(22,23)14-8-6-7-13(12-14)20-17(21)15-9-4-5-10-16(15)18/h4-10,12,19H,2-3,11H2,1H3,(H,20,21). The van der Waals surface area contributed by atoms with E-state index in [1.54, 1.807) is 12.1 Å². The normalized spacial score (nSPS) is 11.2. The number of sulfonamides is 1. The van der Waals surface area contributed by atoms with Crippen LogP contribution in [0.4, 0.5) is 10.1 Å². The highest BCUT2D eigenvalue weighted by Gasteiger charge is 2.15. The van der Waals surface area contributed by atoms with Crippen LogP contribution in [0.25, 0.3) is 0 Å². The van der Waals surface area contributed by atoms with Gasteiger partial charge in [-0.1, -0.05) is 31.5 Å². The van der Waals surface area contributed by atoms with Crippen LogP contribution in [-0.4, -0.2) is 20.9 Å². The molecule has 24 heavy (non-hydrogen) atoms. The molecule has 0 atom stereocenters. The van der Waals surface area contributed by atoms with Crippen molar-refractivity contribution < 1.29 is 17.6 Å². The average Bonchev–Trinajstić information content (AvgIpc) is 2.55. The number of hydrogen-bond donors (Lipinski definition) is 2. The van der Waals surface area contributed by atoms with Crippen LogP contribution < -0.4 is 10.0 Å². The minimum atomic E-state index is -3.64. The van der Waals surface area contributed by atoms with Crippen LogP contribution in [0, 0.1) is 5.82 Å². The number of carbonyl (C=O) groups excluding carboxylic acids is 1. The molecule has 0 radical (unpaired) electrons. The molecule has 0 unspecified atom stereocenters. The third kappa shape index (κ3) is 4.62. The average molecular weight is 350 g/mol. The predicted molar refractivity (Wildman–Crippen MR) is 90.9 cm³/mol. The van der Waals surface area contributed by atoms with Gasteiger partial charge in [-0.15, -0.1) is 0 Å². The highest BCUT2D eigenvalue weighted by atomic mass is 32.2. The second-order valence-corrected chi connectivity index (χ2v) is 6.98. The van der Waals surface area contributed by atoms with E-state index in [0.29, 0.717) is 6.54 Å². The molecule has 1 amide bonds. The van der Waals surface area contributed by atoms with Crippen LogP contribution in [0.15, 0.2) is 53.4 Å². The van der Waals surface area contributed by atoms with E-state index in [2.05, 4.69) is 10.0 Å². The second kappa shape index (κ2) is 8.03. The molecular formula is C17H19FN2O3S. The maximum atomic E-state index is 13.6. The van der Waals surface area contributed by atoms with Gasteiger partial charge in [0.2, 0.25) is 10.0 Å².